The molecule has 0 fully saturated rings. The van der Waals surface area contributed by atoms with Crippen LogP contribution in [0.5, 0.6) is 5.75 Å². The maximum Gasteiger partial charge on any atom is 0.125 e. The second kappa shape index (κ2) is 6.25. The molecule has 2 nitrogen and oxygen atoms in total. The Labute approximate surface area is 91.2 Å². The van der Waals surface area contributed by atoms with Crippen molar-refractivity contribution in [3.8, 4) is 5.75 Å². The standard InChI is InChI=1S/C13H18O2/c1-3-5-10-15-13-9-7-6-8-11(13)12(14)4-2/h3,6-9,12,14H,1,4-5,10H2,2H3/t12-/m0/s1. The molecule has 0 aliphatic carbocycles. The van der Waals surface area contributed by atoms with E-state index in [1.165, 1.54) is 0 Å². The van der Waals surface area contributed by atoms with Crippen molar-refractivity contribution in [1.82, 2.24) is 0 Å². The van der Waals surface area contributed by atoms with Gasteiger partial charge in [0, 0.05) is 5.56 Å². The number of aliphatic hydroxyl groups excluding tert-OH is 1. The van der Waals surface area contributed by atoms with Crippen LogP contribution in [0.15, 0.2) is 36.9 Å². The molecular formula is C13H18O2. The van der Waals surface area contributed by atoms with E-state index in [-0.39, 0.29) is 0 Å². The van der Waals surface area contributed by atoms with Gasteiger partial charge in [0.15, 0.2) is 0 Å². The van der Waals surface area contributed by atoms with Crippen LogP contribution in [0, 0.1) is 0 Å². The highest BCUT2D eigenvalue weighted by Crippen LogP contribution is 2.26. The zero-order valence-electron chi connectivity index (χ0n) is 9.15. The number of aliphatic hydroxyl groups is 1. The van der Waals surface area contributed by atoms with Crippen LogP contribution in [0.3, 0.4) is 0 Å². The van der Waals surface area contributed by atoms with Gasteiger partial charge in [-0.3, -0.25) is 0 Å². The van der Waals surface area contributed by atoms with Gasteiger partial charge < -0.3 is 9.84 Å². The van der Waals surface area contributed by atoms with Crippen LogP contribution in [0.25, 0.3) is 0 Å². The van der Waals surface area contributed by atoms with Crippen molar-refractivity contribution in [2.45, 2.75) is 25.9 Å². The number of benzene rings is 1. The Bertz CT molecular complexity index is 307. The molecule has 0 heterocycles. The summed E-state index contributed by atoms with van der Waals surface area (Å²) in [6, 6.07) is 7.61. The fraction of sp³-hybridized carbons (Fsp3) is 0.385. The summed E-state index contributed by atoms with van der Waals surface area (Å²) in [5.74, 6) is 0.772. The van der Waals surface area contributed by atoms with Crippen LogP contribution >= 0.6 is 0 Å². The first kappa shape index (κ1) is 11.8. The van der Waals surface area contributed by atoms with Crippen LogP contribution in [0.2, 0.25) is 0 Å². The molecule has 0 saturated carbocycles. The second-order valence-corrected chi connectivity index (χ2v) is 3.39. The van der Waals surface area contributed by atoms with E-state index in [1.807, 2.05) is 37.3 Å². The summed E-state index contributed by atoms with van der Waals surface area (Å²) >= 11 is 0. The Balaban J connectivity index is 2.72. The van der Waals surface area contributed by atoms with Gasteiger partial charge in [0.25, 0.3) is 0 Å². The first-order valence-corrected chi connectivity index (χ1v) is 5.30. The molecule has 1 aromatic rings. The molecule has 82 valence electrons. The van der Waals surface area contributed by atoms with E-state index in [1.54, 1.807) is 0 Å². The van der Waals surface area contributed by atoms with Crippen molar-refractivity contribution in [2.75, 3.05) is 6.61 Å². The second-order valence-electron chi connectivity index (χ2n) is 3.39. The van der Waals surface area contributed by atoms with Gasteiger partial charge in [-0.1, -0.05) is 31.2 Å². The predicted octanol–water partition coefficient (Wildman–Crippen LogP) is 3.08. The molecule has 1 rings (SSSR count). The molecule has 0 aromatic heterocycles. The van der Waals surface area contributed by atoms with Gasteiger partial charge in [-0.25, -0.2) is 0 Å². The Kier molecular flexibility index (Phi) is 4.91. The normalized spacial score (nSPS) is 12.1. The lowest BCUT2D eigenvalue weighted by Crippen LogP contribution is -2.02. The van der Waals surface area contributed by atoms with Crippen LogP contribution in [0.4, 0.5) is 0 Å². The SMILES string of the molecule is C=CCCOc1ccccc1[C@@H](O)CC. The summed E-state index contributed by atoms with van der Waals surface area (Å²) in [6.45, 7) is 6.19. The van der Waals surface area contributed by atoms with Gasteiger partial charge in [0.2, 0.25) is 0 Å². The van der Waals surface area contributed by atoms with Crippen molar-refractivity contribution in [3.05, 3.63) is 42.5 Å². The van der Waals surface area contributed by atoms with Crippen molar-refractivity contribution in [1.29, 1.82) is 0 Å². The van der Waals surface area contributed by atoms with E-state index >= 15 is 0 Å². The van der Waals surface area contributed by atoms with Crippen molar-refractivity contribution in [3.63, 3.8) is 0 Å². The first-order chi connectivity index (χ1) is 7.29. The smallest absolute Gasteiger partial charge is 0.125 e. The number of rotatable bonds is 6. The number of hydrogen-bond acceptors (Lipinski definition) is 2. The first-order valence-electron chi connectivity index (χ1n) is 5.30. The van der Waals surface area contributed by atoms with E-state index in [0.717, 1.165) is 17.7 Å². The molecule has 0 aliphatic heterocycles. The van der Waals surface area contributed by atoms with Gasteiger partial charge >= 0.3 is 0 Å². The third kappa shape index (κ3) is 3.40. The average Bonchev–Trinajstić information content (AvgIpc) is 2.29. The molecular weight excluding hydrogens is 188 g/mol. The lowest BCUT2D eigenvalue weighted by molar-refractivity contribution is 0.167. The fourth-order valence-corrected chi connectivity index (χ4v) is 1.36. The molecule has 0 unspecified atom stereocenters. The lowest BCUT2D eigenvalue weighted by Gasteiger charge is -2.14. The van der Waals surface area contributed by atoms with Gasteiger partial charge in [0.1, 0.15) is 5.75 Å². The van der Waals surface area contributed by atoms with Crippen LogP contribution < -0.4 is 4.74 Å². The van der Waals surface area contributed by atoms with Gasteiger partial charge in [0.05, 0.1) is 12.7 Å². The number of ether oxygens (including phenoxy) is 1. The summed E-state index contributed by atoms with van der Waals surface area (Å²) in [5.41, 5.74) is 0.865. The summed E-state index contributed by atoms with van der Waals surface area (Å²) in [4.78, 5) is 0. The van der Waals surface area contributed by atoms with Gasteiger partial charge in [-0.05, 0) is 18.9 Å². The molecule has 15 heavy (non-hydrogen) atoms. The highest BCUT2D eigenvalue weighted by molar-refractivity contribution is 5.34. The monoisotopic (exact) mass is 206 g/mol. The van der Waals surface area contributed by atoms with Crippen LogP contribution in [-0.2, 0) is 0 Å². The number of para-hydroxylation sites is 1. The van der Waals surface area contributed by atoms with Crippen molar-refractivity contribution < 1.29 is 9.84 Å². The fourth-order valence-electron chi connectivity index (χ4n) is 1.36. The molecule has 0 radical (unpaired) electrons. The minimum absolute atomic E-state index is 0.440. The Morgan fingerprint density at radius 3 is 2.87 bits per heavy atom. The van der Waals surface area contributed by atoms with E-state index in [2.05, 4.69) is 6.58 Å². The zero-order valence-corrected chi connectivity index (χ0v) is 9.15. The molecule has 0 saturated heterocycles. The third-order valence-electron chi connectivity index (χ3n) is 2.24. The maximum absolute atomic E-state index is 9.77. The quantitative estimate of drug-likeness (QED) is 0.572. The topological polar surface area (TPSA) is 29.5 Å². The average molecular weight is 206 g/mol. The van der Waals surface area contributed by atoms with Gasteiger partial charge in [-0.2, -0.15) is 0 Å². The summed E-state index contributed by atoms with van der Waals surface area (Å²) in [5, 5.41) is 9.77. The predicted molar refractivity (Wildman–Crippen MR) is 62.0 cm³/mol. The molecule has 1 atom stereocenters. The van der Waals surface area contributed by atoms with Gasteiger partial charge in [-0.15, -0.1) is 6.58 Å². The maximum atomic E-state index is 9.77. The Morgan fingerprint density at radius 2 is 2.20 bits per heavy atom. The molecule has 1 N–H and O–H groups in total. The van der Waals surface area contributed by atoms with Crippen molar-refractivity contribution in [2.24, 2.45) is 0 Å². The summed E-state index contributed by atoms with van der Waals surface area (Å²) < 4.78 is 5.57. The van der Waals surface area contributed by atoms with E-state index < -0.39 is 6.10 Å². The zero-order chi connectivity index (χ0) is 11.1. The third-order valence-corrected chi connectivity index (χ3v) is 2.24. The minimum Gasteiger partial charge on any atom is -0.493 e. The molecule has 0 spiro atoms. The van der Waals surface area contributed by atoms with E-state index in [9.17, 15) is 5.11 Å². The van der Waals surface area contributed by atoms with E-state index in [0.29, 0.717) is 13.0 Å². The van der Waals surface area contributed by atoms with Crippen LogP contribution in [0.1, 0.15) is 31.4 Å². The lowest BCUT2D eigenvalue weighted by atomic mass is 10.1. The van der Waals surface area contributed by atoms with E-state index in [4.69, 9.17) is 4.74 Å². The molecule has 0 aliphatic rings. The summed E-state index contributed by atoms with van der Waals surface area (Å²) in [6.07, 6.45) is 2.89. The molecule has 0 amide bonds. The molecule has 1 aromatic carbocycles. The van der Waals surface area contributed by atoms with Crippen LogP contribution in [-0.4, -0.2) is 11.7 Å². The van der Waals surface area contributed by atoms with Crippen molar-refractivity contribution >= 4 is 0 Å². The Morgan fingerprint density at radius 1 is 1.47 bits per heavy atom. The largest absolute Gasteiger partial charge is 0.493 e. The highest BCUT2D eigenvalue weighted by Gasteiger charge is 2.10. The number of hydrogen-bond donors (Lipinski definition) is 1. The Hall–Kier alpha value is -1.28. The highest BCUT2D eigenvalue weighted by atomic mass is 16.5. The molecule has 0 bridgehead atoms. The summed E-state index contributed by atoms with van der Waals surface area (Å²) in [7, 11) is 0. The minimum atomic E-state index is -0.440. The molecule has 2 heteroatoms.